The normalized spacial score (nSPS) is 14.8. The maximum atomic E-state index is 14.0. The maximum absolute atomic E-state index is 14.0. The Hall–Kier alpha value is -4.17. The molecule has 5 nitrogen and oxygen atoms in total. The fraction of sp³-hybridized carbons (Fsp3) is 0.233. The van der Waals surface area contributed by atoms with Gasteiger partial charge in [0, 0.05) is 17.0 Å². The first-order valence-corrected chi connectivity index (χ1v) is 12.2. The molecular formula is C30H27N3O2. The summed E-state index contributed by atoms with van der Waals surface area (Å²) < 4.78 is 1.51. The number of nitriles is 1. The summed E-state index contributed by atoms with van der Waals surface area (Å²) in [6.45, 7) is 0. The Morgan fingerprint density at radius 2 is 1.51 bits per heavy atom. The summed E-state index contributed by atoms with van der Waals surface area (Å²) in [6, 6.07) is 27.7. The largest absolute Gasteiger partial charge is 0.351 e. The van der Waals surface area contributed by atoms with Gasteiger partial charge in [0.05, 0.1) is 5.52 Å². The van der Waals surface area contributed by atoms with Gasteiger partial charge in [-0.25, -0.2) is 0 Å². The van der Waals surface area contributed by atoms with Crippen LogP contribution in [-0.4, -0.2) is 16.5 Å². The van der Waals surface area contributed by atoms with E-state index in [4.69, 9.17) is 0 Å². The number of nitrogens with zero attached hydrogens (tertiary/aromatic N) is 2. The SMILES string of the molecule is N#Cc1c(-c2ccccc2)c2ccccc2n(C(C(=O)NC2CCCCC2)c2ccccc2)c1=O. The molecule has 5 heteroatoms. The fourth-order valence-corrected chi connectivity index (χ4v) is 5.21. The molecule has 1 aliphatic rings. The van der Waals surface area contributed by atoms with Crippen LogP contribution in [-0.2, 0) is 4.79 Å². The number of carbonyl (C=O) groups excluding carboxylic acids is 1. The molecule has 0 spiro atoms. The molecule has 1 heterocycles. The highest BCUT2D eigenvalue weighted by Crippen LogP contribution is 2.33. The van der Waals surface area contributed by atoms with E-state index < -0.39 is 11.6 Å². The summed E-state index contributed by atoms with van der Waals surface area (Å²) in [7, 11) is 0. The van der Waals surface area contributed by atoms with Gasteiger partial charge in [-0.2, -0.15) is 5.26 Å². The molecular weight excluding hydrogens is 434 g/mol. The number of amides is 1. The minimum atomic E-state index is -0.882. The molecule has 1 unspecified atom stereocenters. The van der Waals surface area contributed by atoms with Crippen LogP contribution >= 0.6 is 0 Å². The van der Waals surface area contributed by atoms with E-state index in [0.717, 1.165) is 36.6 Å². The average molecular weight is 462 g/mol. The first-order valence-electron chi connectivity index (χ1n) is 12.2. The molecule has 1 aliphatic carbocycles. The molecule has 3 aromatic carbocycles. The third kappa shape index (κ3) is 4.36. The number of hydrogen-bond acceptors (Lipinski definition) is 3. The van der Waals surface area contributed by atoms with Gasteiger partial charge in [-0.15, -0.1) is 0 Å². The van der Waals surface area contributed by atoms with Crippen molar-refractivity contribution in [3.8, 4) is 17.2 Å². The zero-order chi connectivity index (χ0) is 24.2. The minimum Gasteiger partial charge on any atom is -0.351 e. The predicted octanol–water partition coefficient (Wildman–Crippen LogP) is 5.58. The Morgan fingerprint density at radius 3 is 2.20 bits per heavy atom. The van der Waals surface area contributed by atoms with E-state index in [-0.39, 0.29) is 17.5 Å². The van der Waals surface area contributed by atoms with Crippen LogP contribution < -0.4 is 10.9 Å². The number of hydrogen-bond donors (Lipinski definition) is 1. The molecule has 1 fully saturated rings. The van der Waals surface area contributed by atoms with E-state index in [1.54, 1.807) is 0 Å². The van der Waals surface area contributed by atoms with E-state index >= 15 is 0 Å². The van der Waals surface area contributed by atoms with Crippen LogP contribution in [0.5, 0.6) is 0 Å². The number of fused-ring (bicyclic) bond motifs is 1. The first kappa shape index (κ1) is 22.6. The second-order valence-corrected chi connectivity index (χ2v) is 9.08. The van der Waals surface area contributed by atoms with Gasteiger partial charge in [-0.3, -0.25) is 14.2 Å². The summed E-state index contributed by atoms with van der Waals surface area (Å²) in [5, 5.41) is 14.1. The highest BCUT2D eigenvalue weighted by Gasteiger charge is 2.30. The van der Waals surface area contributed by atoms with Crippen molar-refractivity contribution in [2.45, 2.75) is 44.2 Å². The van der Waals surface area contributed by atoms with Crippen molar-refractivity contribution < 1.29 is 4.79 Å². The second kappa shape index (κ2) is 9.99. The topological polar surface area (TPSA) is 74.9 Å². The number of pyridine rings is 1. The summed E-state index contributed by atoms with van der Waals surface area (Å²) in [4.78, 5) is 27.8. The van der Waals surface area contributed by atoms with E-state index in [9.17, 15) is 14.9 Å². The van der Waals surface area contributed by atoms with Crippen LogP contribution in [0.2, 0.25) is 0 Å². The number of nitrogens with one attached hydrogen (secondary N) is 1. The molecule has 1 atom stereocenters. The average Bonchev–Trinajstić information content (AvgIpc) is 2.91. The van der Waals surface area contributed by atoms with Crippen LogP contribution in [0.15, 0.2) is 89.7 Å². The summed E-state index contributed by atoms with van der Waals surface area (Å²) in [6.07, 6.45) is 5.26. The minimum absolute atomic E-state index is 0.0429. The van der Waals surface area contributed by atoms with Gasteiger partial charge < -0.3 is 5.32 Å². The number of rotatable bonds is 5. The molecule has 0 aliphatic heterocycles. The van der Waals surface area contributed by atoms with Gasteiger partial charge in [0.1, 0.15) is 17.7 Å². The number of carbonyl (C=O) groups is 1. The molecule has 5 rings (SSSR count). The molecule has 1 saturated carbocycles. The lowest BCUT2D eigenvalue weighted by Crippen LogP contribution is -2.43. The summed E-state index contributed by atoms with van der Waals surface area (Å²) >= 11 is 0. The van der Waals surface area contributed by atoms with Gasteiger partial charge in [-0.05, 0) is 30.0 Å². The molecule has 0 radical (unpaired) electrons. The van der Waals surface area contributed by atoms with Crippen molar-refractivity contribution in [1.82, 2.24) is 9.88 Å². The predicted molar refractivity (Wildman–Crippen MR) is 138 cm³/mol. The molecule has 1 amide bonds. The first-order chi connectivity index (χ1) is 17.2. The van der Waals surface area contributed by atoms with Crippen molar-refractivity contribution in [2.75, 3.05) is 0 Å². The molecule has 1 aromatic heterocycles. The zero-order valence-electron chi connectivity index (χ0n) is 19.5. The number of aromatic nitrogens is 1. The van der Waals surface area contributed by atoms with E-state index in [0.29, 0.717) is 16.6 Å². The standard InChI is InChI=1S/C30H27N3O2/c31-20-25-27(21-12-4-1-5-13-21)24-18-10-11-19-26(24)33(30(25)35)28(22-14-6-2-7-15-22)29(34)32-23-16-8-3-9-17-23/h1-2,4-7,10-15,18-19,23,28H,3,8-9,16-17H2,(H,32,34). The smallest absolute Gasteiger partial charge is 0.270 e. The monoisotopic (exact) mass is 461 g/mol. The van der Waals surface area contributed by atoms with Crippen LogP contribution in [0.1, 0.15) is 49.3 Å². The Morgan fingerprint density at radius 1 is 0.886 bits per heavy atom. The molecule has 1 N–H and O–H groups in total. The van der Waals surface area contributed by atoms with Crippen molar-refractivity contribution in [3.05, 3.63) is 106 Å². The number of para-hydroxylation sites is 1. The van der Waals surface area contributed by atoms with E-state index in [1.165, 1.54) is 11.0 Å². The fourth-order valence-electron chi connectivity index (χ4n) is 5.21. The Kier molecular flexibility index (Phi) is 6.45. The van der Waals surface area contributed by atoms with Crippen molar-refractivity contribution in [2.24, 2.45) is 0 Å². The van der Waals surface area contributed by atoms with Crippen LogP contribution in [0.3, 0.4) is 0 Å². The maximum Gasteiger partial charge on any atom is 0.270 e. The number of benzene rings is 3. The molecule has 174 valence electrons. The van der Waals surface area contributed by atoms with Gasteiger partial charge >= 0.3 is 0 Å². The summed E-state index contributed by atoms with van der Waals surface area (Å²) in [5.74, 6) is -0.216. The van der Waals surface area contributed by atoms with Crippen molar-refractivity contribution in [1.29, 1.82) is 5.26 Å². The Balaban J connectivity index is 1.76. The van der Waals surface area contributed by atoms with Crippen LogP contribution in [0.25, 0.3) is 22.0 Å². The lowest BCUT2D eigenvalue weighted by Gasteiger charge is -2.28. The highest BCUT2D eigenvalue weighted by molar-refractivity contribution is 5.98. The molecule has 35 heavy (non-hydrogen) atoms. The van der Waals surface area contributed by atoms with Crippen LogP contribution in [0, 0.1) is 11.3 Å². The van der Waals surface area contributed by atoms with Crippen molar-refractivity contribution in [3.63, 3.8) is 0 Å². The van der Waals surface area contributed by atoms with E-state index in [1.807, 2.05) is 84.9 Å². The Bertz CT molecular complexity index is 1450. The third-order valence-electron chi connectivity index (χ3n) is 6.86. The van der Waals surface area contributed by atoms with Gasteiger partial charge in [0.2, 0.25) is 5.91 Å². The summed E-state index contributed by atoms with van der Waals surface area (Å²) in [5.41, 5.74) is 2.32. The second-order valence-electron chi connectivity index (χ2n) is 9.08. The molecule has 0 saturated heterocycles. The lowest BCUT2D eigenvalue weighted by molar-refractivity contribution is -0.124. The highest BCUT2D eigenvalue weighted by atomic mass is 16.2. The lowest BCUT2D eigenvalue weighted by atomic mass is 9.94. The van der Waals surface area contributed by atoms with Gasteiger partial charge in [0.25, 0.3) is 5.56 Å². The van der Waals surface area contributed by atoms with E-state index in [2.05, 4.69) is 11.4 Å². The quantitative estimate of drug-likeness (QED) is 0.422. The van der Waals surface area contributed by atoms with Gasteiger partial charge in [-0.1, -0.05) is 98.1 Å². The molecule has 4 aromatic rings. The zero-order valence-corrected chi connectivity index (χ0v) is 19.5. The Labute approximate surface area is 204 Å². The van der Waals surface area contributed by atoms with Gasteiger partial charge in [0.15, 0.2) is 0 Å². The third-order valence-corrected chi connectivity index (χ3v) is 6.86. The van der Waals surface area contributed by atoms with Crippen LogP contribution in [0.4, 0.5) is 0 Å². The molecule has 0 bridgehead atoms. The van der Waals surface area contributed by atoms with Crippen molar-refractivity contribution >= 4 is 16.8 Å².